The van der Waals surface area contributed by atoms with E-state index in [-0.39, 0.29) is 0 Å². The summed E-state index contributed by atoms with van der Waals surface area (Å²) in [5, 5.41) is 3.55. The molecule has 0 saturated heterocycles. The SMILES string of the molecule is CCNCC1CCCCC1c1cccc(CC)c1. The maximum atomic E-state index is 3.55. The summed E-state index contributed by atoms with van der Waals surface area (Å²) >= 11 is 0. The Morgan fingerprint density at radius 2 is 2.00 bits per heavy atom. The van der Waals surface area contributed by atoms with Crippen molar-refractivity contribution in [2.24, 2.45) is 5.92 Å². The Hall–Kier alpha value is -0.820. The summed E-state index contributed by atoms with van der Waals surface area (Å²) in [5.41, 5.74) is 3.07. The van der Waals surface area contributed by atoms with E-state index in [4.69, 9.17) is 0 Å². The Balaban J connectivity index is 2.11. The zero-order valence-corrected chi connectivity index (χ0v) is 11.9. The van der Waals surface area contributed by atoms with Gasteiger partial charge in [0.05, 0.1) is 0 Å². The van der Waals surface area contributed by atoms with Gasteiger partial charge in [-0.15, -0.1) is 0 Å². The largest absolute Gasteiger partial charge is 0.317 e. The molecule has 0 aliphatic heterocycles. The molecule has 1 aliphatic rings. The van der Waals surface area contributed by atoms with Gasteiger partial charge < -0.3 is 5.32 Å². The lowest BCUT2D eigenvalue weighted by Gasteiger charge is -2.32. The average Bonchev–Trinajstić information content (AvgIpc) is 2.45. The van der Waals surface area contributed by atoms with Crippen LogP contribution in [0.25, 0.3) is 0 Å². The molecule has 1 aromatic rings. The molecule has 0 aromatic heterocycles. The molecule has 0 amide bonds. The van der Waals surface area contributed by atoms with Gasteiger partial charge in [0, 0.05) is 0 Å². The first-order valence-corrected chi connectivity index (χ1v) is 7.64. The van der Waals surface area contributed by atoms with E-state index in [1.54, 1.807) is 5.56 Å². The van der Waals surface area contributed by atoms with Crippen LogP contribution < -0.4 is 5.32 Å². The molecular formula is C17H27N. The third kappa shape index (κ3) is 3.35. The van der Waals surface area contributed by atoms with Crippen LogP contribution in [0, 0.1) is 5.92 Å². The van der Waals surface area contributed by atoms with Crippen LogP contribution in [0.15, 0.2) is 24.3 Å². The number of aryl methyl sites for hydroxylation is 1. The van der Waals surface area contributed by atoms with Crippen molar-refractivity contribution in [3.63, 3.8) is 0 Å². The highest BCUT2D eigenvalue weighted by Gasteiger charge is 2.25. The normalized spacial score (nSPS) is 24.1. The van der Waals surface area contributed by atoms with Crippen LogP contribution in [0.2, 0.25) is 0 Å². The molecule has 1 nitrogen and oxygen atoms in total. The number of benzene rings is 1. The number of nitrogens with one attached hydrogen (secondary N) is 1. The lowest BCUT2D eigenvalue weighted by Crippen LogP contribution is -2.29. The highest BCUT2D eigenvalue weighted by molar-refractivity contribution is 5.27. The van der Waals surface area contributed by atoms with E-state index in [2.05, 4.69) is 43.4 Å². The minimum atomic E-state index is 0.782. The monoisotopic (exact) mass is 245 g/mol. The summed E-state index contributed by atoms with van der Waals surface area (Å²) in [6.07, 6.45) is 6.75. The quantitative estimate of drug-likeness (QED) is 0.822. The smallest absolute Gasteiger partial charge is 0.00148 e. The van der Waals surface area contributed by atoms with Gasteiger partial charge in [0.1, 0.15) is 0 Å². The van der Waals surface area contributed by atoms with Crippen LogP contribution in [-0.2, 0) is 6.42 Å². The molecular weight excluding hydrogens is 218 g/mol. The lowest BCUT2D eigenvalue weighted by molar-refractivity contribution is 0.297. The molecule has 1 fully saturated rings. The molecule has 18 heavy (non-hydrogen) atoms. The second-order valence-corrected chi connectivity index (χ2v) is 5.56. The van der Waals surface area contributed by atoms with Gasteiger partial charge in [-0.3, -0.25) is 0 Å². The standard InChI is InChI=1S/C17H27N/c1-3-14-8-7-10-15(12-14)17-11-6-5-9-16(17)13-18-4-2/h7-8,10,12,16-18H,3-6,9,11,13H2,1-2H3. The van der Waals surface area contributed by atoms with Gasteiger partial charge in [-0.25, -0.2) is 0 Å². The molecule has 1 N–H and O–H groups in total. The molecule has 1 aromatic carbocycles. The summed E-state index contributed by atoms with van der Waals surface area (Å²) < 4.78 is 0. The Kier molecular flexibility index (Phi) is 5.25. The number of hydrogen-bond acceptors (Lipinski definition) is 1. The zero-order valence-electron chi connectivity index (χ0n) is 11.9. The Bertz CT molecular complexity index is 358. The molecule has 1 aliphatic carbocycles. The maximum Gasteiger partial charge on any atom is -0.00148 e. The van der Waals surface area contributed by atoms with Crippen molar-refractivity contribution in [2.75, 3.05) is 13.1 Å². The first kappa shape index (κ1) is 13.6. The summed E-state index contributed by atoms with van der Waals surface area (Å²) in [6, 6.07) is 9.28. The molecule has 2 rings (SSSR count). The number of rotatable bonds is 5. The van der Waals surface area contributed by atoms with Crippen molar-refractivity contribution in [1.82, 2.24) is 5.32 Å². The van der Waals surface area contributed by atoms with E-state index in [0.717, 1.165) is 24.8 Å². The average molecular weight is 245 g/mol. The molecule has 0 radical (unpaired) electrons. The summed E-state index contributed by atoms with van der Waals surface area (Å²) in [5.74, 6) is 1.62. The number of hydrogen-bond donors (Lipinski definition) is 1. The third-order valence-corrected chi connectivity index (χ3v) is 4.35. The van der Waals surface area contributed by atoms with Crippen molar-refractivity contribution in [2.45, 2.75) is 51.9 Å². The molecule has 2 atom stereocenters. The molecule has 1 saturated carbocycles. The van der Waals surface area contributed by atoms with Crippen LogP contribution in [-0.4, -0.2) is 13.1 Å². The first-order valence-electron chi connectivity index (χ1n) is 7.64. The van der Waals surface area contributed by atoms with Crippen LogP contribution in [0.3, 0.4) is 0 Å². The van der Waals surface area contributed by atoms with Gasteiger partial charge in [-0.1, -0.05) is 51.0 Å². The predicted octanol–water partition coefficient (Wildman–Crippen LogP) is 4.13. The van der Waals surface area contributed by atoms with Crippen molar-refractivity contribution >= 4 is 0 Å². The van der Waals surface area contributed by atoms with Crippen LogP contribution in [0.1, 0.15) is 56.6 Å². The molecule has 0 bridgehead atoms. The Morgan fingerprint density at radius 1 is 1.17 bits per heavy atom. The molecule has 2 unspecified atom stereocenters. The maximum absolute atomic E-state index is 3.55. The minimum Gasteiger partial charge on any atom is -0.317 e. The molecule has 0 spiro atoms. The van der Waals surface area contributed by atoms with Gasteiger partial charge >= 0.3 is 0 Å². The molecule has 0 heterocycles. The van der Waals surface area contributed by atoms with Gasteiger partial charge in [0.15, 0.2) is 0 Å². The van der Waals surface area contributed by atoms with Crippen LogP contribution >= 0.6 is 0 Å². The van der Waals surface area contributed by atoms with Crippen molar-refractivity contribution in [3.8, 4) is 0 Å². The van der Waals surface area contributed by atoms with E-state index in [1.165, 1.54) is 37.8 Å². The fourth-order valence-corrected chi connectivity index (χ4v) is 3.26. The third-order valence-electron chi connectivity index (χ3n) is 4.35. The van der Waals surface area contributed by atoms with Gasteiger partial charge in [-0.05, 0) is 55.3 Å². The van der Waals surface area contributed by atoms with Gasteiger partial charge in [0.25, 0.3) is 0 Å². The van der Waals surface area contributed by atoms with E-state index < -0.39 is 0 Å². The van der Waals surface area contributed by atoms with Crippen molar-refractivity contribution in [1.29, 1.82) is 0 Å². The van der Waals surface area contributed by atoms with Gasteiger partial charge in [-0.2, -0.15) is 0 Å². The predicted molar refractivity (Wildman–Crippen MR) is 79.1 cm³/mol. The lowest BCUT2D eigenvalue weighted by atomic mass is 9.75. The van der Waals surface area contributed by atoms with Crippen molar-refractivity contribution < 1.29 is 0 Å². The highest BCUT2D eigenvalue weighted by atomic mass is 14.8. The fraction of sp³-hybridized carbons (Fsp3) is 0.647. The summed E-state index contributed by atoms with van der Waals surface area (Å²) in [4.78, 5) is 0. The summed E-state index contributed by atoms with van der Waals surface area (Å²) in [7, 11) is 0. The van der Waals surface area contributed by atoms with Gasteiger partial charge in [0.2, 0.25) is 0 Å². The fourth-order valence-electron chi connectivity index (χ4n) is 3.26. The van der Waals surface area contributed by atoms with E-state index >= 15 is 0 Å². The van der Waals surface area contributed by atoms with Crippen molar-refractivity contribution in [3.05, 3.63) is 35.4 Å². The van der Waals surface area contributed by atoms with E-state index in [9.17, 15) is 0 Å². The van der Waals surface area contributed by atoms with Crippen LogP contribution in [0.4, 0.5) is 0 Å². The molecule has 100 valence electrons. The Morgan fingerprint density at radius 3 is 2.78 bits per heavy atom. The Labute approximate surface area is 112 Å². The second kappa shape index (κ2) is 6.94. The van der Waals surface area contributed by atoms with E-state index in [0.29, 0.717) is 0 Å². The van der Waals surface area contributed by atoms with Crippen LogP contribution in [0.5, 0.6) is 0 Å². The van der Waals surface area contributed by atoms with E-state index in [1.807, 2.05) is 0 Å². The highest BCUT2D eigenvalue weighted by Crippen LogP contribution is 2.37. The zero-order chi connectivity index (χ0) is 12.8. The summed E-state index contributed by atoms with van der Waals surface area (Å²) in [6.45, 7) is 6.74. The molecule has 1 heteroatoms. The second-order valence-electron chi connectivity index (χ2n) is 5.56. The minimum absolute atomic E-state index is 0.782. The topological polar surface area (TPSA) is 12.0 Å². The first-order chi connectivity index (χ1) is 8.85.